The third-order valence-electron chi connectivity index (χ3n) is 2.47. The fraction of sp³-hybridized carbons (Fsp3) is 0.417. The second-order valence-corrected chi connectivity index (χ2v) is 6.68. The van der Waals surface area contributed by atoms with E-state index >= 15 is 0 Å². The van der Waals surface area contributed by atoms with Gasteiger partial charge in [0.05, 0.1) is 11.2 Å². The van der Waals surface area contributed by atoms with Crippen molar-refractivity contribution in [2.45, 2.75) is 25.8 Å². The Balaban J connectivity index is 2.16. The van der Waals surface area contributed by atoms with Crippen molar-refractivity contribution in [1.29, 1.82) is 0 Å². The third kappa shape index (κ3) is 3.13. The van der Waals surface area contributed by atoms with Gasteiger partial charge in [0.2, 0.25) is 0 Å². The smallest absolute Gasteiger partial charge is 0.161 e. The molecule has 0 radical (unpaired) electrons. The maximum absolute atomic E-state index is 4.72. The van der Waals surface area contributed by atoms with Crippen LogP contribution in [0.3, 0.4) is 0 Å². The Kier molecular flexibility index (Phi) is 3.79. The average molecular weight is 346 g/mol. The number of benzene rings is 1. The molecule has 0 aliphatic carbocycles. The molecule has 0 saturated heterocycles. The fourth-order valence-corrected chi connectivity index (χ4v) is 3.31. The minimum absolute atomic E-state index is 0.0772. The number of amidine groups is 1. The standard InChI is InChI=1S/C12H15IN2S/c1-12(2)7-8-16-11(15-12)14-10-6-4-3-5-9(10)13/h3-6H,7-8H2,1-2H3,(H,14,15). The van der Waals surface area contributed by atoms with Crippen molar-refractivity contribution >= 4 is 45.2 Å². The minimum atomic E-state index is 0.0772. The van der Waals surface area contributed by atoms with E-state index in [4.69, 9.17) is 4.99 Å². The van der Waals surface area contributed by atoms with Crippen molar-refractivity contribution in [3.63, 3.8) is 0 Å². The fourth-order valence-electron chi connectivity index (χ4n) is 1.50. The van der Waals surface area contributed by atoms with E-state index in [1.165, 1.54) is 3.57 Å². The van der Waals surface area contributed by atoms with Crippen LogP contribution in [0.5, 0.6) is 0 Å². The Morgan fingerprint density at radius 3 is 2.81 bits per heavy atom. The summed E-state index contributed by atoms with van der Waals surface area (Å²) >= 11 is 4.14. The highest BCUT2D eigenvalue weighted by Gasteiger charge is 2.22. The van der Waals surface area contributed by atoms with Gasteiger partial charge in [-0.25, -0.2) is 0 Å². The summed E-state index contributed by atoms with van der Waals surface area (Å²) in [6.45, 7) is 4.37. The molecule has 1 N–H and O–H groups in total. The number of aliphatic imine (C=N–C) groups is 1. The number of hydrogen-bond acceptors (Lipinski definition) is 3. The first-order chi connectivity index (χ1) is 7.57. The molecule has 1 aliphatic rings. The monoisotopic (exact) mass is 346 g/mol. The number of anilines is 1. The van der Waals surface area contributed by atoms with Crippen LogP contribution in [-0.4, -0.2) is 16.5 Å². The lowest BCUT2D eigenvalue weighted by Gasteiger charge is -2.26. The van der Waals surface area contributed by atoms with Gasteiger partial charge in [-0.2, -0.15) is 0 Å². The molecule has 4 heteroatoms. The number of para-hydroxylation sites is 1. The van der Waals surface area contributed by atoms with Gasteiger partial charge in [0.25, 0.3) is 0 Å². The summed E-state index contributed by atoms with van der Waals surface area (Å²) < 4.78 is 1.23. The zero-order valence-electron chi connectivity index (χ0n) is 9.46. The molecule has 2 rings (SSSR count). The van der Waals surface area contributed by atoms with E-state index < -0.39 is 0 Å². The topological polar surface area (TPSA) is 24.4 Å². The summed E-state index contributed by atoms with van der Waals surface area (Å²) in [6, 6.07) is 8.28. The van der Waals surface area contributed by atoms with Crippen molar-refractivity contribution in [2.24, 2.45) is 4.99 Å². The molecule has 0 atom stereocenters. The van der Waals surface area contributed by atoms with Crippen LogP contribution in [0.4, 0.5) is 5.69 Å². The molecule has 86 valence electrons. The molecule has 0 unspecified atom stereocenters. The molecule has 2 nitrogen and oxygen atoms in total. The molecule has 0 aromatic heterocycles. The van der Waals surface area contributed by atoms with Crippen molar-refractivity contribution in [3.05, 3.63) is 27.8 Å². The van der Waals surface area contributed by atoms with Gasteiger partial charge in [0, 0.05) is 9.32 Å². The number of hydrogen-bond donors (Lipinski definition) is 1. The lowest BCUT2D eigenvalue weighted by molar-refractivity contribution is 0.507. The van der Waals surface area contributed by atoms with Gasteiger partial charge in [-0.15, -0.1) is 0 Å². The molecule has 1 heterocycles. The van der Waals surface area contributed by atoms with E-state index in [0.717, 1.165) is 23.0 Å². The van der Waals surface area contributed by atoms with Crippen molar-refractivity contribution < 1.29 is 0 Å². The highest BCUT2D eigenvalue weighted by Crippen LogP contribution is 2.27. The quantitative estimate of drug-likeness (QED) is 0.778. The second kappa shape index (κ2) is 4.96. The maximum Gasteiger partial charge on any atom is 0.161 e. The maximum atomic E-state index is 4.72. The lowest BCUT2D eigenvalue weighted by atomic mass is 10.0. The minimum Gasteiger partial charge on any atom is -0.334 e. The Hall–Kier alpha value is -0.230. The summed E-state index contributed by atoms with van der Waals surface area (Å²) in [5.74, 6) is 1.14. The van der Waals surface area contributed by atoms with Crippen LogP contribution in [0.25, 0.3) is 0 Å². The van der Waals surface area contributed by atoms with Gasteiger partial charge in [-0.3, -0.25) is 4.99 Å². The largest absolute Gasteiger partial charge is 0.334 e. The van der Waals surface area contributed by atoms with E-state index in [1.54, 1.807) is 11.8 Å². The van der Waals surface area contributed by atoms with Crippen molar-refractivity contribution in [2.75, 3.05) is 11.1 Å². The summed E-state index contributed by atoms with van der Waals surface area (Å²) in [4.78, 5) is 4.72. The first-order valence-corrected chi connectivity index (χ1v) is 7.37. The molecule has 1 aromatic rings. The van der Waals surface area contributed by atoms with E-state index in [2.05, 4.69) is 53.9 Å². The lowest BCUT2D eigenvalue weighted by Crippen LogP contribution is -2.27. The molecule has 0 bridgehead atoms. The van der Waals surface area contributed by atoms with Crippen LogP contribution >= 0.6 is 34.4 Å². The van der Waals surface area contributed by atoms with Crippen LogP contribution in [-0.2, 0) is 0 Å². The second-order valence-electron chi connectivity index (χ2n) is 4.43. The number of nitrogens with one attached hydrogen (secondary N) is 1. The van der Waals surface area contributed by atoms with Gasteiger partial charge in [-0.05, 0) is 55.0 Å². The van der Waals surface area contributed by atoms with Crippen LogP contribution in [0.15, 0.2) is 29.3 Å². The normalized spacial score (nSPS) is 19.1. The first kappa shape index (κ1) is 12.2. The third-order valence-corrected chi connectivity index (χ3v) is 4.29. The van der Waals surface area contributed by atoms with Crippen LogP contribution in [0, 0.1) is 3.57 Å². The molecule has 1 aliphatic heterocycles. The molecular formula is C12H15IN2S. The zero-order chi connectivity index (χ0) is 11.6. The molecule has 0 amide bonds. The highest BCUT2D eigenvalue weighted by atomic mass is 127. The zero-order valence-corrected chi connectivity index (χ0v) is 12.4. The predicted octanol–water partition coefficient (Wildman–Crippen LogP) is 3.97. The summed E-state index contributed by atoms with van der Waals surface area (Å²) in [6.07, 6.45) is 1.15. The number of thioether (sulfide) groups is 1. The Bertz CT molecular complexity index is 415. The van der Waals surface area contributed by atoms with Gasteiger partial charge in [-0.1, -0.05) is 23.9 Å². The van der Waals surface area contributed by atoms with Crippen LogP contribution < -0.4 is 5.32 Å². The molecular weight excluding hydrogens is 331 g/mol. The van der Waals surface area contributed by atoms with E-state index in [0.29, 0.717) is 0 Å². The Morgan fingerprint density at radius 2 is 2.12 bits per heavy atom. The summed E-state index contributed by atoms with van der Waals surface area (Å²) in [5, 5.41) is 4.45. The molecule has 0 spiro atoms. The summed E-state index contributed by atoms with van der Waals surface area (Å²) in [7, 11) is 0. The first-order valence-electron chi connectivity index (χ1n) is 5.31. The average Bonchev–Trinajstić information content (AvgIpc) is 2.20. The summed E-state index contributed by atoms with van der Waals surface area (Å²) in [5.41, 5.74) is 1.22. The van der Waals surface area contributed by atoms with Crippen LogP contribution in [0.2, 0.25) is 0 Å². The van der Waals surface area contributed by atoms with Gasteiger partial charge in [0.15, 0.2) is 5.17 Å². The number of nitrogens with zero attached hydrogens (tertiary/aromatic N) is 1. The molecule has 16 heavy (non-hydrogen) atoms. The van der Waals surface area contributed by atoms with E-state index in [-0.39, 0.29) is 5.54 Å². The Labute approximate surface area is 114 Å². The highest BCUT2D eigenvalue weighted by molar-refractivity contribution is 14.1. The molecule has 0 saturated carbocycles. The molecule has 0 fully saturated rings. The van der Waals surface area contributed by atoms with Crippen molar-refractivity contribution in [3.8, 4) is 0 Å². The van der Waals surface area contributed by atoms with E-state index in [1.807, 2.05) is 12.1 Å². The van der Waals surface area contributed by atoms with Gasteiger partial charge >= 0.3 is 0 Å². The van der Waals surface area contributed by atoms with Gasteiger partial charge in [0.1, 0.15) is 0 Å². The number of halogens is 1. The SMILES string of the molecule is CC1(C)CCSC(Nc2ccccc2I)=N1. The Morgan fingerprint density at radius 1 is 1.38 bits per heavy atom. The van der Waals surface area contributed by atoms with Crippen molar-refractivity contribution in [1.82, 2.24) is 0 Å². The predicted molar refractivity (Wildman–Crippen MR) is 81.4 cm³/mol. The van der Waals surface area contributed by atoms with Crippen LogP contribution in [0.1, 0.15) is 20.3 Å². The number of rotatable bonds is 1. The molecule has 1 aromatic carbocycles. The van der Waals surface area contributed by atoms with E-state index in [9.17, 15) is 0 Å². The van der Waals surface area contributed by atoms with Gasteiger partial charge < -0.3 is 5.32 Å².